The fourth-order valence-electron chi connectivity index (χ4n) is 1.09. The Kier molecular flexibility index (Phi) is 3.10. The number of hydrogen-bond donors (Lipinski definition) is 3. The van der Waals surface area contributed by atoms with Crippen molar-refractivity contribution in [2.75, 3.05) is 11.2 Å². The van der Waals surface area contributed by atoms with Gasteiger partial charge in [-0.25, -0.2) is 4.98 Å². The molecular formula is C9H8ClN5O2. The molecule has 8 heteroatoms. The number of hydrogen-bond acceptors (Lipinski definition) is 6. The molecule has 0 radical (unpaired) electrons. The summed E-state index contributed by atoms with van der Waals surface area (Å²) < 4.78 is 4.90. The van der Waals surface area contributed by atoms with E-state index >= 15 is 0 Å². The third-order valence-electron chi connectivity index (χ3n) is 1.76. The van der Waals surface area contributed by atoms with Crippen LogP contribution >= 0.6 is 11.6 Å². The first kappa shape index (κ1) is 11.2. The van der Waals surface area contributed by atoms with E-state index in [2.05, 4.69) is 20.8 Å². The predicted molar refractivity (Wildman–Crippen MR) is 61.3 cm³/mol. The Morgan fingerprint density at radius 1 is 1.47 bits per heavy atom. The molecule has 0 unspecified atom stereocenters. The van der Waals surface area contributed by atoms with Crippen molar-refractivity contribution in [2.45, 2.75) is 0 Å². The molecule has 7 nitrogen and oxygen atoms in total. The molecule has 0 spiro atoms. The number of anilines is 2. The summed E-state index contributed by atoms with van der Waals surface area (Å²) >= 11 is 5.66. The minimum atomic E-state index is -0.441. The SMILES string of the molecule is Nc1nc(Cl)cc(NNC(=O)c2ccco2)n1. The molecule has 0 aliphatic heterocycles. The molecule has 0 aliphatic carbocycles. The number of halogens is 1. The molecule has 2 rings (SSSR count). The van der Waals surface area contributed by atoms with E-state index in [0.717, 1.165) is 0 Å². The molecule has 0 atom stereocenters. The van der Waals surface area contributed by atoms with Crippen molar-refractivity contribution in [3.63, 3.8) is 0 Å². The molecule has 0 aromatic carbocycles. The normalized spacial score (nSPS) is 9.94. The van der Waals surface area contributed by atoms with Crippen LogP contribution in [-0.4, -0.2) is 15.9 Å². The van der Waals surface area contributed by atoms with Crippen LogP contribution in [-0.2, 0) is 0 Å². The lowest BCUT2D eigenvalue weighted by molar-refractivity contribution is 0.0935. The molecule has 88 valence electrons. The molecule has 0 aliphatic rings. The van der Waals surface area contributed by atoms with Crippen LogP contribution in [0, 0.1) is 0 Å². The van der Waals surface area contributed by atoms with Crippen molar-refractivity contribution in [1.82, 2.24) is 15.4 Å². The number of rotatable bonds is 3. The zero-order chi connectivity index (χ0) is 12.3. The highest BCUT2D eigenvalue weighted by Crippen LogP contribution is 2.11. The van der Waals surface area contributed by atoms with Crippen LogP contribution in [0.25, 0.3) is 0 Å². The minimum absolute atomic E-state index is 0.00671. The summed E-state index contributed by atoms with van der Waals surface area (Å²) in [6.45, 7) is 0. The highest BCUT2D eigenvalue weighted by molar-refractivity contribution is 6.29. The topological polar surface area (TPSA) is 106 Å². The second-order valence-corrected chi connectivity index (χ2v) is 3.38. The maximum absolute atomic E-state index is 11.5. The molecule has 0 fully saturated rings. The summed E-state index contributed by atoms with van der Waals surface area (Å²) in [6.07, 6.45) is 1.40. The Balaban J connectivity index is 2.00. The smallest absolute Gasteiger partial charge is 0.305 e. The molecule has 0 saturated carbocycles. The van der Waals surface area contributed by atoms with Crippen molar-refractivity contribution < 1.29 is 9.21 Å². The van der Waals surface area contributed by atoms with Gasteiger partial charge in [-0.2, -0.15) is 4.98 Å². The molecular weight excluding hydrogens is 246 g/mol. The van der Waals surface area contributed by atoms with Gasteiger partial charge >= 0.3 is 5.91 Å². The molecule has 0 bridgehead atoms. The number of carbonyl (C=O) groups excluding carboxylic acids is 1. The van der Waals surface area contributed by atoms with E-state index in [1.165, 1.54) is 18.4 Å². The van der Waals surface area contributed by atoms with E-state index in [4.69, 9.17) is 21.8 Å². The van der Waals surface area contributed by atoms with E-state index in [-0.39, 0.29) is 22.7 Å². The predicted octanol–water partition coefficient (Wildman–Crippen LogP) is 1.06. The lowest BCUT2D eigenvalue weighted by Crippen LogP contribution is -2.29. The number of nitrogens with two attached hydrogens (primary N) is 1. The first-order chi connectivity index (χ1) is 8.15. The molecule has 4 N–H and O–H groups in total. The van der Waals surface area contributed by atoms with Crippen molar-refractivity contribution in [2.24, 2.45) is 0 Å². The Morgan fingerprint density at radius 3 is 2.94 bits per heavy atom. The lowest BCUT2D eigenvalue weighted by atomic mass is 10.4. The van der Waals surface area contributed by atoms with E-state index in [1.807, 2.05) is 0 Å². The van der Waals surface area contributed by atoms with Gasteiger partial charge in [0.05, 0.1) is 6.26 Å². The molecule has 2 aromatic heterocycles. The van der Waals surface area contributed by atoms with Crippen LogP contribution in [0.4, 0.5) is 11.8 Å². The summed E-state index contributed by atoms with van der Waals surface area (Å²) in [5.41, 5.74) is 10.3. The second-order valence-electron chi connectivity index (χ2n) is 2.99. The van der Waals surface area contributed by atoms with Crippen LogP contribution in [0.15, 0.2) is 28.9 Å². The van der Waals surface area contributed by atoms with Crippen molar-refractivity contribution in [3.05, 3.63) is 35.4 Å². The fraction of sp³-hybridized carbons (Fsp3) is 0. The van der Waals surface area contributed by atoms with Crippen molar-refractivity contribution in [1.29, 1.82) is 0 Å². The highest BCUT2D eigenvalue weighted by atomic mass is 35.5. The summed E-state index contributed by atoms with van der Waals surface area (Å²) in [6, 6.07) is 4.55. The van der Waals surface area contributed by atoms with E-state index in [0.29, 0.717) is 0 Å². The molecule has 0 saturated heterocycles. The van der Waals surface area contributed by atoms with Gasteiger partial charge < -0.3 is 10.2 Å². The van der Waals surface area contributed by atoms with Gasteiger partial charge in [-0.05, 0) is 12.1 Å². The van der Waals surface area contributed by atoms with Crippen molar-refractivity contribution >= 4 is 29.3 Å². The number of aromatic nitrogens is 2. The number of nitrogens with zero attached hydrogens (tertiary/aromatic N) is 2. The quantitative estimate of drug-likeness (QED) is 0.558. The summed E-state index contributed by atoms with van der Waals surface area (Å²) in [4.78, 5) is 19.0. The van der Waals surface area contributed by atoms with Gasteiger partial charge in [-0.15, -0.1) is 0 Å². The Hall–Kier alpha value is -2.28. The van der Waals surface area contributed by atoms with Gasteiger partial charge in [0.25, 0.3) is 0 Å². The maximum atomic E-state index is 11.5. The van der Waals surface area contributed by atoms with Crippen LogP contribution in [0.2, 0.25) is 5.15 Å². The molecule has 2 heterocycles. The average molecular weight is 254 g/mol. The number of furan rings is 1. The third-order valence-corrected chi connectivity index (χ3v) is 1.95. The Morgan fingerprint density at radius 2 is 2.29 bits per heavy atom. The largest absolute Gasteiger partial charge is 0.459 e. The van der Waals surface area contributed by atoms with Crippen LogP contribution in [0.5, 0.6) is 0 Å². The average Bonchev–Trinajstić information content (AvgIpc) is 2.78. The molecule has 17 heavy (non-hydrogen) atoms. The van der Waals surface area contributed by atoms with Crippen LogP contribution in [0.3, 0.4) is 0 Å². The lowest BCUT2D eigenvalue weighted by Gasteiger charge is -2.06. The van der Waals surface area contributed by atoms with Gasteiger partial charge in [-0.3, -0.25) is 15.6 Å². The zero-order valence-corrected chi connectivity index (χ0v) is 9.23. The maximum Gasteiger partial charge on any atom is 0.305 e. The number of nitrogens with one attached hydrogen (secondary N) is 2. The second kappa shape index (κ2) is 4.71. The minimum Gasteiger partial charge on any atom is -0.459 e. The Bertz CT molecular complexity index is 508. The summed E-state index contributed by atoms with van der Waals surface area (Å²) in [5, 5.41) is 0.173. The van der Waals surface area contributed by atoms with Crippen molar-refractivity contribution in [3.8, 4) is 0 Å². The van der Waals surface area contributed by atoms with E-state index in [9.17, 15) is 4.79 Å². The van der Waals surface area contributed by atoms with Gasteiger partial charge in [0, 0.05) is 6.07 Å². The van der Waals surface area contributed by atoms with Gasteiger partial charge in [0.1, 0.15) is 5.15 Å². The van der Waals surface area contributed by atoms with E-state index < -0.39 is 5.91 Å². The number of carbonyl (C=O) groups is 1. The van der Waals surface area contributed by atoms with Crippen LogP contribution in [0.1, 0.15) is 10.6 Å². The summed E-state index contributed by atoms with van der Waals surface area (Å²) in [7, 11) is 0. The highest BCUT2D eigenvalue weighted by Gasteiger charge is 2.08. The first-order valence-corrected chi connectivity index (χ1v) is 4.93. The number of amides is 1. The first-order valence-electron chi connectivity index (χ1n) is 4.55. The van der Waals surface area contributed by atoms with E-state index in [1.54, 1.807) is 6.07 Å². The fourth-order valence-corrected chi connectivity index (χ4v) is 1.28. The Labute approximate surface area is 101 Å². The molecule has 2 aromatic rings. The monoisotopic (exact) mass is 253 g/mol. The number of hydrazine groups is 1. The van der Waals surface area contributed by atoms with Gasteiger partial charge in [0.2, 0.25) is 5.95 Å². The number of nitrogen functional groups attached to an aromatic ring is 1. The third kappa shape index (κ3) is 2.85. The van der Waals surface area contributed by atoms with Gasteiger partial charge in [-0.1, -0.05) is 11.6 Å². The van der Waals surface area contributed by atoms with Crippen LogP contribution < -0.4 is 16.6 Å². The zero-order valence-electron chi connectivity index (χ0n) is 8.48. The molecule has 1 amide bonds. The standard InChI is InChI=1S/C9H8ClN5O2/c10-6-4-7(13-9(11)12-6)14-15-8(16)5-2-1-3-17-5/h1-4H,(H,15,16)(H3,11,12,13,14). The summed E-state index contributed by atoms with van der Waals surface area (Å²) in [5.74, 6) is 0.0172. The van der Waals surface area contributed by atoms with Gasteiger partial charge in [0.15, 0.2) is 11.6 Å².